The number of hydrogen-bond donors (Lipinski definition) is 0. The van der Waals surface area contributed by atoms with Crippen molar-refractivity contribution in [3.05, 3.63) is 71.3 Å². The first-order valence-electron chi connectivity index (χ1n) is 10.4. The summed E-state index contributed by atoms with van der Waals surface area (Å²) in [5.74, 6) is 0.0805. The van der Waals surface area contributed by atoms with Crippen LogP contribution in [0.3, 0.4) is 0 Å². The maximum Gasteiger partial charge on any atom is 0.254 e. The van der Waals surface area contributed by atoms with Crippen LogP contribution in [0.4, 0.5) is 0 Å². The van der Waals surface area contributed by atoms with Crippen LogP contribution in [-0.2, 0) is 6.54 Å². The Bertz CT molecular complexity index is 786. The molecule has 1 aliphatic heterocycles. The van der Waals surface area contributed by atoms with Crippen molar-refractivity contribution in [3.63, 3.8) is 0 Å². The van der Waals surface area contributed by atoms with E-state index in [0.29, 0.717) is 30.3 Å². The highest BCUT2D eigenvalue weighted by Crippen LogP contribution is 2.22. The lowest BCUT2D eigenvalue weighted by atomic mass is 9.98. The molecule has 4 heteroatoms. The number of amides is 2. The molecule has 148 valence electrons. The van der Waals surface area contributed by atoms with Crippen molar-refractivity contribution in [2.75, 3.05) is 13.1 Å². The van der Waals surface area contributed by atoms with Gasteiger partial charge in [-0.2, -0.15) is 0 Å². The molecule has 1 heterocycles. The smallest absolute Gasteiger partial charge is 0.254 e. The Balaban J connectivity index is 1.70. The molecule has 0 aliphatic carbocycles. The molecule has 0 aromatic heterocycles. The SMILES string of the molecule is CCC1CCCCN1C(=O)c1ccc(C(=O)N(CC)Cc2ccccc2)cc1. The molecule has 1 atom stereocenters. The van der Waals surface area contributed by atoms with Crippen molar-refractivity contribution in [1.82, 2.24) is 9.80 Å². The average Bonchev–Trinajstić information content (AvgIpc) is 2.77. The molecule has 2 amide bonds. The minimum Gasteiger partial charge on any atom is -0.336 e. The van der Waals surface area contributed by atoms with Crippen LogP contribution < -0.4 is 0 Å². The molecule has 3 rings (SSSR count). The summed E-state index contributed by atoms with van der Waals surface area (Å²) >= 11 is 0. The fraction of sp³-hybridized carbons (Fsp3) is 0.417. The third kappa shape index (κ3) is 4.61. The van der Waals surface area contributed by atoms with E-state index in [9.17, 15) is 9.59 Å². The summed E-state index contributed by atoms with van der Waals surface area (Å²) in [6.45, 7) is 6.19. The summed E-state index contributed by atoms with van der Waals surface area (Å²) < 4.78 is 0. The van der Waals surface area contributed by atoms with Gasteiger partial charge in [-0.3, -0.25) is 9.59 Å². The summed E-state index contributed by atoms with van der Waals surface area (Å²) in [5, 5.41) is 0. The van der Waals surface area contributed by atoms with Gasteiger partial charge in [0, 0.05) is 36.8 Å². The van der Waals surface area contributed by atoms with Gasteiger partial charge in [-0.15, -0.1) is 0 Å². The lowest BCUT2D eigenvalue weighted by molar-refractivity contribution is 0.0607. The van der Waals surface area contributed by atoms with Gasteiger partial charge in [0.15, 0.2) is 0 Å². The van der Waals surface area contributed by atoms with E-state index in [1.165, 1.54) is 6.42 Å². The molecule has 28 heavy (non-hydrogen) atoms. The maximum absolute atomic E-state index is 12.9. The number of likely N-dealkylation sites (tertiary alicyclic amines) is 1. The number of nitrogens with zero attached hydrogens (tertiary/aromatic N) is 2. The molecule has 4 nitrogen and oxygen atoms in total. The van der Waals surface area contributed by atoms with Crippen molar-refractivity contribution in [2.45, 2.75) is 52.1 Å². The van der Waals surface area contributed by atoms with Crippen molar-refractivity contribution in [1.29, 1.82) is 0 Å². The monoisotopic (exact) mass is 378 g/mol. The van der Waals surface area contributed by atoms with E-state index >= 15 is 0 Å². The van der Waals surface area contributed by atoms with Crippen LogP contribution in [-0.4, -0.2) is 40.7 Å². The summed E-state index contributed by atoms with van der Waals surface area (Å²) in [6.07, 6.45) is 4.35. The largest absolute Gasteiger partial charge is 0.336 e. The molecule has 0 radical (unpaired) electrons. The fourth-order valence-electron chi connectivity index (χ4n) is 3.93. The van der Waals surface area contributed by atoms with E-state index in [1.807, 2.05) is 47.1 Å². The lowest BCUT2D eigenvalue weighted by Gasteiger charge is -2.35. The zero-order valence-corrected chi connectivity index (χ0v) is 16.9. The van der Waals surface area contributed by atoms with Gasteiger partial charge in [0.05, 0.1) is 0 Å². The second-order valence-corrected chi connectivity index (χ2v) is 7.44. The third-order valence-electron chi connectivity index (χ3n) is 5.62. The molecule has 1 unspecified atom stereocenters. The summed E-state index contributed by atoms with van der Waals surface area (Å²) in [5.41, 5.74) is 2.41. The van der Waals surface area contributed by atoms with Crippen LogP contribution >= 0.6 is 0 Å². The lowest BCUT2D eigenvalue weighted by Crippen LogP contribution is -2.43. The normalized spacial score (nSPS) is 16.6. The maximum atomic E-state index is 12.9. The number of benzene rings is 2. The Morgan fingerprint density at radius 3 is 2.29 bits per heavy atom. The highest BCUT2D eigenvalue weighted by Gasteiger charge is 2.26. The van der Waals surface area contributed by atoms with Crippen molar-refractivity contribution < 1.29 is 9.59 Å². The number of hydrogen-bond acceptors (Lipinski definition) is 2. The van der Waals surface area contributed by atoms with Crippen molar-refractivity contribution in [3.8, 4) is 0 Å². The number of carbonyl (C=O) groups is 2. The second kappa shape index (κ2) is 9.54. The predicted octanol–water partition coefficient (Wildman–Crippen LogP) is 4.75. The highest BCUT2D eigenvalue weighted by atomic mass is 16.2. The number of rotatable bonds is 6. The van der Waals surface area contributed by atoms with E-state index in [-0.39, 0.29) is 11.8 Å². The molecular formula is C24H30N2O2. The minimum atomic E-state index is -0.00485. The molecule has 1 saturated heterocycles. The zero-order chi connectivity index (χ0) is 19.9. The van der Waals surface area contributed by atoms with Crippen LogP contribution in [0, 0.1) is 0 Å². The van der Waals surface area contributed by atoms with Gasteiger partial charge < -0.3 is 9.80 Å². The number of piperidine rings is 1. The molecule has 0 spiro atoms. The first-order chi connectivity index (χ1) is 13.6. The van der Waals surface area contributed by atoms with E-state index in [0.717, 1.165) is 31.4 Å². The van der Waals surface area contributed by atoms with Gasteiger partial charge in [-0.1, -0.05) is 37.3 Å². The van der Waals surface area contributed by atoms with Gasteiger partial charge in [0.25, 0.3) is 11.8 Å². The molecule has 1 aliphatic rings. The van der Waals surface area contributed by atoms with E-state index in [1.54, 1.807) is 24.3 Å². The molecular weight excluding hydrogens is 348 g/mol. The molecule has 1 fully saturated rings. The van der Waals surface area contributed by atoms with E-state index in [4.69, 9.17) is 0 Å². The molecule has 0 saturated carbocycles. The van der Waals surface area contributed by atoms with Crippen LogP contribution in [0.2, 0.25) is 0 Å². The van der Waals surface area contributed by atoms with Gasteiger partial charge in [0.2, 0.25) is 0 Å². The average molecular weight is 379 g/mol. The Hall–Kier alpha value is -2.62. The summed E-state index contributed by atoms with van der Waals surface area (Å²) in [7, 11) is 0. The first kappa shape index (κ1) is 20.1. The Morgan fingerprint density at radius 2 is 1.64 bits per heavy atom. The second-order valence-electron chi connectivity index (χ2n) is 7.44. The third-order valence-corrected chi connectivity index (χ3v) is 5.62. The standard InChI is InChI=1S/C24H30N2O2/c1-3-22-12-8-9-17-26(22)24(28)21-15-13-20(14-16-21)23(27)25(4-2)18-19-10-6-5-7-11-19/h5-7,10-11,13-16,22H,3-4,8-9,12,17-18H2,1-2H3. The van der Waals surface area contributed by atoms with Gasteiger partial charge in [-0.25, -0.2) is 0 Å². The molecule has 0 bridgehead atoms. The summed E-state index contributed by atoms with van der Waals surface area (Å²) in [4.78, 5) is 29.6. The van der Waals surface area contributed by atoms with Gasteiger partial charge in [-0.05, 0) is 62.4 Å². The first-order valence-corrected chi connectivity index (χ1v) is 10.4. The van der Waals surface area contributed by atoms with E-state index < -0.39 is 0 Å². The molecule has 0 N–H and O–H groups in total. The van der Waals surface area contributed by atoms with Crippen LogP contribution in [0.15, 0.2) is 54.6 Å². The molecule has 2 aromatic carbocycles. The Morgan fingerprint density at radius 1 is 0.964 bits per heavy atom. The quantitative estimate of drug-likeness (QED) is 0.727. The van der Waals surface area contributed by atoms with E-state index in [2.05, 4.69) is 6.92 Å². The van der Waals surface area contributed by atoms with Crippen LogP contribution in [0.1, 0.15) is 65.8 Å². The minimum absolute atomic E-state index is 0.00485. The zero-order valence-electron chi connectivity index (χ0n) is 16.9. The topological polar surface area (TPSA) is 40.6 Å². The fourth-order valence-corrected chi connectivity index (χ4v) is 3.93. The summed E-state index contributed by atoms with van der Waals surface area (Å²) in [6, 6.07) is 17.5. The van der Waals surface area contributed by atoms with Gasteiger partial charge in [0.1, 0.15) is 0 Å². The Labute approximate surface area is 168 Å². The van der Waals surface area contributed by atoms with Crippen LogP contribution in [0.25, 0.3) is 0 Å². The molecule has 2 aromatic rings. The van der Waals surface area contributed by atoms with Crippen molar-refractivity contribution >= 4 is 11.8 Å². The highest BCUT2D eigenvalue weighted by molar-refractivity contribution is 5.98. The van der Waals surface area contributed by atoms with Crippen molar-refractivity contribution in [2.24, 2.45) is 0 Å². The number of carbonyl (C=O) groups excluding carboxylic acids is 2. The predicted molar refractivity (Wildman–Crippen MR) is 112 cm³/mol. The van der Waals surface area contributed by atoms with Crippen LogP contribution in [0.5, 0.6) is 0 Å². The Kier molecular flexibility index (Phi) is 6.85. The van der Waals surface area contributed by atoms with Gasteiger partial charge >= 0.3 is 0 Å².